The van der Waals surface area contributed by atoms with Crippen LogP contribution >= 0.6 is 0 Å². The third-order valence-electron chi connectivity index (χ3n) is 6.84. The Bertz CT molecular complexity index is 572. The molecule has 3 fully saturated rings. The molecule has 0 bridgehead atoms. The predicted octanol–water partition coefficient (Wildman–Crippen LogP) is 2.73. The van der Waals surface area contributed by atoms with Crippen LogP contribution in [-0.2, 0) is 17.7 Å². The summed E-state index contributed by atoms with van der Waals surface area (Å²) in [4.78, 5) is 2.36. The Labute approximate surface area is 151 Å². The van der Waals surface area contributed by atoms with E-state index < -0.39 is 0 Å². The third kappa shape index (κ3) is 3.93. The smallest absolute Gasteiger partial charge is 0.0689 e. The summed E-state index contributed by atoms with van der Waals surface area (Å²) in [5.41, 5.74) is 3.58. The molecule has 2 heterocycles. The van der Waals surface area contributed by atoms with Gasteiger partial charge in [0.05, 0.1) is 18.4 Å². The van der Waals surface area contributed by atoms with E-state index >= 15 is 0 Å². The predicted molar refractivity (Wildman–Crippen MR) is 99.5 cm³/mol. The Balaban J connectivity index is 1.28. The third-order valence-corrected chi connectivity index (χ3v) is 6.84. The summed E-state index contributed by atoms with van der Waals surface area (Å²) in [7, 11) is 4.19. The molecule has 140 valence electrons. The van der Waals surface area contributed by atoms with Crippen LogP contribution in [0.3, 0.4) is 0 Å². The van der Waals surface area contributed by atoms with Crippen LogP contribution in [0.2, 0.25) is 0 Å². The fourth-order valence-electron chi connectivity index (χ4n) is 4.93. The zero-order valence-electron chi connectivity index (χ0n) is 15.9. The van der Waals surface area contributed by atoms with E-state index in [4.69, 9.17) is 4.74 Å². The largest absolute Gasteiger partial charge is 0.374 e. The van der Waals surface area contributed by atoms with Gasteiger partial charge in [-0.25, -0.2) is 0 Å². The first-order valence-corrected chi connectivity index (χ1v) is 10.1. The van der Waals surface area contributed by atoms with Gasteiger partial charge in [0, 0.05) is 30.9 Å². The number of aromatic nitrogens is 2. The fourth-order valence-corrected chi connectivity index (χ4v) is 4.93. The van der Waals surface area contributed by atoms with E-state index in [-0.39, 0.29) is 5.60 Å². The molecule has 0 radical (unpaired) electrons. The molecule has 0 aromatic carbocycles. The van der Waals surface area contributed by atoms with Crippen LogP contribution in [0.4, 0.5) is 0 Å². The standard InChI is InChI=1S/C20H34N4O/c1-21-9-10-24(2)13-17-12-22-23-18(17)11-16-3-5-20(6-4-16)14-19(7-8-19)15-25-20/h12,16,21H,3-11,13-15H2,1-2H3,(H,22,23). The highest BCUT2D eigenvalue weighted by molar-refractivity contribution is 5.17. The summed E-state index contributed by atoms with van der Waals surface area (Å²) in [6.07, 6.45) is 12.5. The van der Waals surface area contributed by atoms with Crippen LogP contribution in [0.5, 0.6) is 0 Å². The van der Waals surface area contributed by atoms with Crippen LogP contribution in [0.25, 0.3) is 0 Å². The van der Waals surface area contributed by atoms with E-state index in [0.717, 1.165) is 38.6 Å². The number of likely N-dealkylation sites (N-methyl/N-ethyl adjacent to an activating group) is 2. The Morgan fingerprint density at radius 3 is 2.80 bits per heavy atom. The maximum absolute atomic E-state index is 6.32. The molecular formula is C20H34N4O. The molecule has 5 nitrogen and oxygen atoms in total. The summed E-state index contributed by atoms with van der Waals surface area (Å²) in [5.74, 6) is 0.784. The van der Waals surface area contributed by atoms with Gasteiger partial charge in [-0.3, -0.25) is 5.10 Å². The second-order valence-corrected chi connectivity index (χ2v) is 9.01. The number of rotatable bonds is 7. The average Bonchev–Trinajstić information content (AvgIpc) is 3.08. The minimum Gasteiger partial charge on any atom is -0.374 e. The van der Waals surface area contributed by atoms with E-state index in [2.05, 4.69) is 27.5 Å². The number of hydrogen-bond donors (Lipinski definition) is 2. The van der Waals surface area contributed by atoms with Crippen LogP contribution in [0.1, 0.15) is 56.2 Å². The molecule has 4 rings (SSSR count). The lowest BCUT2D eigenvalue weighted by molar-refractivity contribution is -0.0352. The van der Waals surface area contributed by atoms with Crippen molar-refractivity contribution in [3.8, 4) is 0 Å². The minimum atomic E-state index is 0.247. The molecule has 1 aliphatic heterocycles. The number of nitrogens with zero attached hydrogens (tertiary/aromatic N) is 2. The topological polar surface area (TPSA) is 53.2 Å². The van der Waals surface area contributed by atoms with Crippen molar-refractivity contribution in [2.75, 3.05) is 33.8 Å². The summed E-state index contributed by atoms with van der Waals surface area (Å²) in [6, 6.07) is 0. The van der Waals surface area contributed by atoms with E-state index in [0.29, 0.717) is 5.41 Å². The molecule has 0 unspecified atom stereocenters. The number of ether oxygens (including phenoxy) is 1. The van der Waals surface area contributed by atoms with Gasteiger partial charge in [0.2, 0.25) is 0 Å². The number of H-pyrrole nitrogens is 1. The minimum absolute atomic E-state index is 0.247. The second-order valence-electron chi connectivity index (χ2n) is 9.01. The highest BCUT2D eigenvalue weighted by Crippen LogP contribution is 2.60. The highest BCUT2D eigenvalue weighted by atomic mass is 16.5. The molecule has 1 aromatic heterocycles. The number of nitrogens with one attached hydrogen (secondary N) is 2. The molecule has 2 aliphatic carbocycles. The SMILES string of the molecule is CNCCN(C)Cc1cn[nH]c1CC1CCC2(CC1)CC1(CC1)CO2. The van der Waals surface area contributed by atoms with Crippen LogP contribution in [0.15, 0.2) is 6.20 Å². The molecule has 1 saturated heterocycles. The monoisotopic (exact) mass is 346 g/mol. The van der Waals surface area contributed by atoms with Crippen molar-refractivity contribution in [1.82, 2.24) is 20.4 Å². The maximum atomic E-state index is 6.32. The molecule has 2 spiro atoms. The van der Waals surface area contributed by atoms with Gasteiger partial charge in [-0.15, -0.1) is 0 Å². The first-order chi connectivity index (χ1) is 12.1. The first-order valence-electron chi connectivity index (χ1n) is 10.1. The lowest BCUT2D eigenvalue weighted by atomic mass is 9.74. The van der Waals surface area contributed by atoms with Crippen molar-refractivity contribution in [1.29, 1.82) is 0 Å². The molecule has 0 amide bonds. The summed E-state index contributed by atoms with van der Waals surface area (Å²) in [5, 5.41) is 10.8. The van der Waals surface area contributed by atoms with Crippen LogP contribution in [0, 0.1) is 11.3 Å². The Morgan fingerprint density at radius 1 is 1.32 bits per heavy atom. The Hall–Kier alpha value is -0.910. The molecule has 2 N–H and O–H groups in total. The van der Waals surface area contributed by atoms with Gasteiger partial charge in [-0.2, -0.15) is 5.10 Å². The van der Waals surface area contributed by atoms with Gasteiger partial charge >= 0.3 is 0 Å². The second kappa shape index (κ2) is 7.01. The van der Waals surface area contributed by atoms with Gasteiger partial charge in [0.1, 0.15) is 0 Å². The summed E-state index contributed by atoms with van der Waals surface area (Å²) >= 11 is 0. The molecule has 3 aliphatic rings. The van der Waals surface area contributed by atoms with Gasteiger partial charge in [0.15, 0.2) is 0 Å². The Kier molecular flexibility index (Phi) is 4.91. The van der Waals surface area contributed by atoms with E-state index in [9.17, 15) is 0 Å². The van der Waals surface area contributed by atoms with E-state index in [1.807, 2.05) is 13.2 Å². The highest BCUT2D eigenvalue weighted by Gasteiger charge is 2.56. The molecule has 5 heteroatoms. The fraction of sp³-hybridized carbons (Fsp3) is 0.850. The Morgan fingerprint density at radius 2 is 2.12 bits per heavy atom. The molecule has 1 aromatic rings. The zero-order chi connectivity index (χ0) is 17.3. The summed E-state index contributed by atoms with van der Waals surface area (Å²) < 4.78 is 6.32. The molecular weight excluding hydrogens is 312 g/mol. The van der Waals surface area contributed by atoms with Crippen molar-refractivity contribution >= 4 is 0 Å². The van der Waals surface area contributed by atoms with Crippen LogP contribution in [-0.4, -0.2) is 54.5 Å². The van der Waals surface area contributed by atoms with Crippen molar-refractivity contribution in [3.05, 3.63) is 17.5 Å². The number of hydrogen-bond acceptors (Lipinski definition) is 4. The van der Waals surface area contributed by atoms with Crippen molar-refractivity contribution in [2.24, 2.45) is 11.3 Å². The normalized spacial score (nSPS) is 30.6. The van der Waals surface area contributed by atoms with Crippen molar-refractivity contribution < 1.29 is 4.74 Å². The molecule has 2 saturated carbocycles. The van der Waals surface area contributed by atoms with E-state index in [1.54, 1.807) is 0 Å². The maximum Gasteiger partial charge on any atom is 0.0689 e. The van der Waals surface area contributed by atoms with Crippen LogP contribution < -0.4 is 5.32 Å². The first kappa shape index (κ1) is 17.5. The quantitative estimate of drug-likeness (QED) is 0.797. The van der Waals surface area contributed by atoms with Gasteiger partial charge in [0.25, 0.3) is 0 Å². The lowest BCUT2D eigenvalue weighted by Gasteiger charge is -2.36. The van der Waals surface area contributed by atoms with Gasteiger partial charge in [-0.05, 0) is 76.8 Å². The summed E-state index contributed by atoms with van der Waals surface area (Å²) in [6.45, 7) is 4.11. The number of aromatic amines is 1. The molecule has 0 atom stereocenters. The zero-order valence-corrected chi connectivity index (χ0v) is 15.9. The lowest BCUT2D eigenvalue weighted by Crippen LogP contribution is -2.34. The molecule has 25 heavy (non-hydrogen) atoms. The van der Waals surface area contributed by atoms with E-state index in [1.165, 1.54) is 56.2 Å². The average molecular weight is 347 g/mol. The van der Waals surface area contributed by atoms with Crippen molar-refractivity contribution in [3.63, 3.8) is 0 Å². The van der Waals surface area contributed by atoms with Gasteiger partial charge < -0.3 is 15.0 Å². The van der Waals surface area contributed by atoms with Crippen molar-refractivity contribution in [2.45, 2.75) is 63.5 Å². The van der Waals surface area contributed by atoms with Gasteiger partial charge in [-0.1, -0.05) is 0 Å².